The summed E-state index contributed by atoms with van der Waals surface area (Å²) < 4.78 is 0. The van der Waals surface area contributed by atoms with Gasteiger partial charge in [0.05, 0.1) is 13.1 Å². The van der Waals surface area contributed by atoms with Crippen molar-refractivity contribution in [1.82, 2.24) is 10.2 Å². The maximum atomic E-state index is 11.8. The van der Waals surface area contributed by atoms with Gasteiger partial charge in [-0.1, -0.05) is 6.07 Å². The molecule has 1 atom stereocenters. The van der Waals surface area contributed by atoms with Crippen LogP contribution in [0.3, 0.4) is 0 Å². The number of amides is 2. The summed E-state index contributed by atoms with van der Waals surface area (Å²) in [5.74, 6) is -0.0544. The number of hydrogen-bond acceptors (Lipinski definition) is 3. The van der Waals surface area contributed by atoms with Gasteiger partial charge in [-0.05, 0) is 18.4 Å². The van der Waals surface area contributed by atoms with Crippen LogP contribution in [0.4, 0.5) is 0 Å². The molecule has 1 aliphatic heterocycles. The molecule has 16 heavy (non-hydrogen) atoms. The summed E-state index contributed by atoms with van der Waals surface area (Å²) in [4.78, 5) is 26.0. The van der Waals surface area contributed by atoms with E-state index in [0.717, 1.165) is 4.88 Å². The molecule has 1 saturated heterocycles. The van der Waals surface area contributed by atoms with E-state index < -0.39 is 0 Å². The number of carbonyl (C=O) groups is 2. The van der Waals surface area contributed by atoms with E-state index in [0.29, 0.717) is 13.0 Å². The zero-order valence-electron chi connectivity index (χ0n) is 9.10. The Morgan fingerprint density at radius 3 is 3.06 bits per heavy atom. The minimum absolute atomic E-state index is 0.00764. The fourth-order valence-electron chi connectivity index (χ4n) is 1.79. The van der Waals surface area contributed by atoms with Gasteiger partial charge in [0.1, 0.15) is 0 Å². The average Bonchev–Trinajstić information content (AvgIpc) is 2.71. The summed E-state index contributed by atoms with van der Waals surface area (Å²) in [6.45, 7) is 2.64. The third kappa shape index (κ3) is 2.41. The molecule has 1 fully saturated rings. The number of carbonyl (C=O) groups excluding carboxylic acids is 2. The Morgan fingerprint density at radius 1 is 1.56 bits per heavy atom. The minimum Gasteiger partial charge on any atom is -0.347 e. The van der Waals surface area contributed by atoms with Crippen molar-refractivity contribution in [3.05, 3.63) is 22.4 Å². The molecule has 1 aromatic rings. The summed E-state index contributed by atoms with van der Waals surface area (Å²) in [6, 6.07) is 3.94. The van der Waals surface area contributed by atoms with Gasteiger partial charge in [-0.15, -0.1) is 11.3 Å². The molecule has 0 aliphatic carbocycles. The molecule has 1 N–H and O–H groups in total. The van der Waals surface area contributed by atoms with E-state index in [1.54, 1.807) is 16.2 Å². The molecular formula is C11H14N2O2S. The topological polar surface area (TPSA) is 49.4 Å². The molecule has 1 aliphatic rings. The van der Waals surface area contributed by atoms with Gasteiger partial charge in [0.15, 0.2) is 0 Å². The lowest BCUT2D eigenvalue weighted by molar-refractivity contribution is -0.132. The van der Waals surface area contributed by atoms with Gasteiger partial charge in [0.25, 0.3) is 0 Å². The van der Waals surface area contributed by atoms with Gasteiger partial charge in [0.2, 0.25) is 11.8 Å². The molecule has 1 unspecified atom stereocenters. The van der Waals surface area contributed by atoms with Crippen LogP contribution in [-0.2, 0) is 16.1 Å². The van der Waals surface area contributed by atoms with Gasteiger partial charge in [0, 0.05) is 17.3 Å². The largest absolute Gasteiger partial charge is 0.347 e. The van der Waals surface area contributed by atoms with Crippen molar-refractivity contribution >= 4 is 23.2 Å². The van der Waals surface area contributed by atoms with Crippen molar-refractivity contribution < 1.29 is 9.59 Å². The maximum absolute atomic E-state index is 11.8. The van der Waals surface area contributed by atoms with E-state index in [1.165, 1.54) is 0 Å². The molecule has 4 nitrogen and oxygen atoms in total. The number of rotatable bonds is 2. The van der Waals surface area contributed by atoms with E-state index in [1.807, 2.05) is 24.4 Å². The monoisotopic (exact) mass is 238 g/mol. The molecule has 2 heterocycles. The summed E-state index contributed by atoms with van der Waals surface area (Å²) in [5, 5.41) is 4.60. The second kappa shape index (κ2) is 4.65. The van der Waals surface area contributed by atoms with Crippen LogP contribution in [0.5, 0.6) is 0 Å². The van der Waals surface area contributed by atoms with Crippen molar-refractivity contribution in [1.29, 1.82) is 0 Å². The van der Waals surface area contributed by atoms with Crippen LogP contribution in [0.25, 0.3) is 0 Å². The number of hydrogen-bond donors (Lipinski definition) is 1. The highest BCUT2D eigenvalue weighted by Gasteiger charge is 2.26. The van der Waals surface area contributed by atoms with Crippen LogP contribution >= 0.6 is 11.3 Å². The Kier molecular flexibility index (Phi) is 3.24. The highest BCUT2D eigenvalue weighted by Crippen LogP contribution is 2.16. The van der Waals surface area contributed by atoms with Gasteiger partial charge in [-0.3, -0.25) is 9.59 Å². The second-order valence-corrected chi connectivity index (χ2v) is 4.96. The molecule has 0 bridgehead atoms. The zero-order valence-corrected chi connectivity index (χ0v) is 9.92. The number of thiophene rings is 1. The Bertz CT molecular complexity index is 389. The standard InChI is InChI=1S/C11H14N2O2S/c1-8-5-10(14)12-6-11(15)13(8)7-9-3-2-4-16-9/h2-4,8H,5-7H2,1H3,(H,12,14). The van der Waals surface area contributed by atoms with Gasteiger partial charge in [-0.2, -0.15) is 0 Å². The lowest BCUT2D eigenvalue weighted by Crippen LogP contribution is -2.38. The van der Waals surface area contributed by atoms with E-state index in [9.17, 15) is 9.59 Å². The molecule has 2 amide bonds. The first-order chi connectivity index (χ1) is 7.66. The molecule has 1 aromatic heterocycles. The van der Waals surface area contributed by atoms with E-state index in [4.69, 9.17) is 0 Å². The second-order valence-electron chi connectivity index (χ2n) is 3.93. The third-order valence-electron chi connectivity index (χ3n) is 2.68. The first kappa shape index (κ1) is 11.1. The lowest BCUT2D eigenvalue weighted by atomic mass is 10.2. The molecule has 0 radical (unpaired) electrons. The van der Waals surface area contributed by atoms with Gasteiger partial charge in [-0.25, -0.2) is 0 Å². The quantitative estimate of drug-likeness (QED) is 0.835. The van der Waals surface area contributed by atoms with Crippen molar-refractivity contribution in [2.75, 3.05) is 6.54 Å². The first-order valence-corrected chi connectivity index (χ1v) is 6.13. The van der Waals surface area contributed by atoms with E-state index in [-0.39, 0.29) is 24.4 Å². The van der Waals surface area contributed by atoms with Gasteiger partial charge >= 0.3 is 0 Å². The van der Waals surface area contributed by atoms with Crippen LogP contribution < -0.4 is 5.32 Å². The lowest BCUT2D eigenvalue weighted by Gasteiger charge is -2.25. The molecule has 0 saturated carbocycles. The van der Waals surface area contributed by atoms with Crippen LogP contribution in [0.1, 0.15) is 18.2 Å². The average molecular weight is 238 g/mol. The number of nitrogens with one attached hydrogen (secondary N) is 1. The highest BCUT2D eigenvalue weighted by molar-refractivity contribution is 7.09. The molecule has 0 aromatic carbocycles. The van der Waals surface area contributed by atoms with Crippen LogP contribution in [-0.4, -0.2) is 29.3 Å². The fourth-order valence-corrected chi connectivity index (χ4v) is 2.49. The van der Waals surface area contributed by atoms with Crippen LogP contribution in [0.15, 0.2) is 17.5 Å². The highest BCUT2D eigenvalue weighted by atomic mass is 32.1. The molecule has 5 heteroatoms. The Morgan fingerprint density at radius 2 is 2.38 bits per heavy atom. The zero-order chi connectivity index (χ0) is 11.5. The fraction of sp³-hybridized carbons (Fsp3) is 0.455. The van der Waals surface area contributed by atoms with Crippen LogP contribution in [0.2, 0.25) is 0 Å². The minimum atomic E-state index is -0.0467. The van der Waals surface area contributed by atoms with E-state index in [2.05, 4.69) is 5.32 Å². The van der Waals surface area contributed by atoms with E-state index >= 15 is 0 Å². The van der Waals surface area contributed by atoms with Crippen molar-refractivity contribution in [3.63, 3.8) is 0 Å². The predicted molar refractivity (Wildman–Crippen MR) is 62.0 cm³/mol. The summed E-state index contributed by atoms with van der Waals surface area (Å²) in [5.41, 5.74) is 0. The smallest absolute Gasteiger partial charge is 0.242 e. The summed E-state index contributed by atoms with van der Waals surface area (Å²) in [7, 11) is 0. The molecule has 86 valence electrons. The van der Waals surface area contributed by atoms with Crippen molar-refractivity contribution in [3.8, 4) is 0 Å². The number of nitrogens with zero attached hydrogens (tertiary/aromatic N) is 1. The predicted octanol–water partition coefficient (Wildman–Crippen LogP) is 0.985. The molecular weight excluding hydrogens is 224 g/mol. The molecule has 0 spiro atoms. The summed E-state index contributed by atoms with van der Waals surface area (Å²) >= 11 is 1.63. The summed E-state index contributed by atoms with van der Waals surface area (Å²) in [6.07, 6.45) is 0.386. The first-order valence-electron chi connectivity index (χ1n) is 5.25. The Labute approximate surface area is 98.3 Å². The third-order valence-corrected chi connectivity index (χ3v) is 3.54. The van der Waals surface area contributed by atoms with Crippen LogP contribution in [0, 0.1) is 0 Å². The Hall–Kier alpha value is -1.36. The van der Waals surface area contributed by atoms with Gasteiger partial charge < -0.3 is 10.2 Å². The SMILES string of the molecule is CC1CC(=O)NCC(=O)N1Cc1cccs1. The molecule has 2 rings (SSSR count). The maximum Gasteiger partial charge on any atom is 0.242 e. The van der Waals surface area contributed by atoms with Crippen molar-refractivity contribution in [2.45, 2.75) is 25.9 Å². The normalized spacial score (nSPS) is 21.8. The Balaban J connectivity index is 2.11. The van der Waals surface area contributed by atoms with Crippen molar-refractivity contribution in [2.24, 2.45) is 0 Å².